The van der Waals surface area contributed by atoms with E-state index in [9.17, 15) is 14.7 Å². The average Bonchev–Trinajstić information content (AvgIpc) is 3.28. The number of carbonyl (C=O) groups is 2. The SMILES string of the molecule is CCN(Oc1ccc(Cl)cc1Cl)C(=O)c1c(-c2cccc(CC(=O)O)c2)noc1-c1ccccc1C. The first-order valence-corrected chi connectivity index (χ1v) is 11.9. The molecule has 0 aliphatic carbocycles. The van der Waals surface area contributed by atoms with E-state index in [1.54, 1.807) is 43.3 Å². The molecule has 4 rings (SSSR count). The third-order valence-corrected chi connectivity index (χ3v) is 6.00. The van der Waals surface area contributed by atoms with Gasteiger partial charge in [0.15, 0.2) is 11.5 Å². The van der Waals surface area contributed by atoms with Crippen molar-refractivity contribution in [2.45, 2.75) is 20.3 Å². The number of carboxylic acids is 1. The zero-order valence-corrected chi connectivity index (χ0v) is 21.0. The highest BCUT2D eigenvalue weighted by atomic mass is 35.5. The second kappa shape index (κ2) is 10.8. The molecule has 0 radical (unpaired) electrons. The maximum atomic E-state index is 13.9. The van der Waals surface area contributed by atoms with Crippen LogP contribution in [0.5, 0.6) is 5.75 Å². The number of nitrogens with zero attached hydrogens (tertiary/aromatic N) is 2. The first-order valence-electron chi connectivity index (χ1n) is 11.1. The Balaban J connectivity index is 1.83. The molecule has 0 aliphatic rings. The molecule has 0 bridgehead atoms. The van der Waals surface area contributed by atoms with E-state index < -0.39 is 11.9 Å². The number of aliphatic carboxylic acids is 1. The molecule has 1 N–H and O–H groups in total. The van der Waals surface area contributed by atoms with E-state index in [1.165, 1.54) is 6.07 Å². The molecule has 0 saturated heterocycles. The minimum atomic E-state index is -0.963. The number of carbonyl (C=O) groups excluding carboxylic acids is 1. The number of hydrogen-bond donors (Lipinski definition) is 1. The van der Waals surface area contributed by atoms with Crippen molar-refractivity contribution in [3.05, 3.63) is 93.5 Å². The number of amides is 1. The first-order chi connectivity index (χ1) is 17.3. The average molecular weight is 525 g/mol. The highest BCUT2D eigenvalue weighted by Crippen LogP contribution is 2.36. The summed E-state index contributed by atoms with van der Waals surface area (Å²) in [5.74, 6) is -0.924. The Labute approximate surface area is 217 Å². The summed E-state index contributed by atoms with van der Waals surface area (Å²) in [6.45, 7) is 3.85. The van der Waals surface area contributed by atoms with E-state index in [1.807, 2.05) is 31.2 Å². The van der Waals surface area contributed by atoms with E-state index >= 15 is 0 Å². The van der Waals surface area contributed by atoms with Gasteiger partial charge in [-0.15, -0.1) is 0 Å². The topological polar surface area (TPSA) is 92.9 Å². The summed E-state index contributed by atoms with van der Waals surface area (Å²) in [4.78, 5) is 31.0. The highest BCUT2D eigenvalue weighted by molar-refractivity contribution is 6.35. The van der Waals surface area contributed by atoms with Crippen LogP contribution in [0, 0.1) is 6.92 Å². The Morgan fingerprint density at radius 3 is 2.53 bits per heavy atom. The van der Waals surface area contributed by atoms with E-state index in [-0.39, 0.29) is 40.8 Å². The number of halogens is 2. The predicted octanol–water partition coefficient (Wildman–Crippen LogP) is 6.71. The summed E-state index contributed by atoms with van der Waals surface area (Å²) in [6, 6.07) is 19.0. The van der Waals surface area contributed by atoms with Gasteiger partial charge in [-0.05, 0) is 49.2 Å². The van der Waals surface area contributed by atoms with Crippen LogP contribution in [0.4, 0.5) is 0 Å². The molecular formula is C27H22Cl2N2O5. The fourth-order valence-electron chi connectivity index (χ4n) is 3.74. The van der Waals surface area contributed by atoms with Crippen molar-refractivity contribution in [1.82, 2.24) is 10.2 Å². The monoisotopic (exact) mass is 524 g/mol. The van der Waals surface area contributed by atoms with Gasteiger partial charge >= 0.3 is 5.97 Å². The van der Waals surface area contributed by atoms with Crippen molar-refractivity contribution in [2.75, 3.05) is 6.54 Å². The van der Waals surface area contributed by atoms with Gasteiger partial charge in [0.2, 0.25) is 0 Å². The zero-order valence-electron chi connectivity index (χ0n) is 19.5. The lowest BCUT2D eigenvalue weighted by atomic mass is 9.97. The van der Waals surface area contributed by atoms with Crippen molar-refractivity contribution in [2.24, 2.45) is 0 Å². The van der Waals surface area contributed by atoms with Gasteiger partial charge in [-0.25, -0.2) is 0 Å². The van der Waals surface area contributed by atoms with Crippen molar-refractivity contribution in [3.63, 3.8) is 0 Å². The van der Waals surface area contributed by atoms with Gasteiger partial charge in [0.1, 0.15) is 11.3 Å². The fourth-order valence-corrected chi connectivity index (χ4v) is 4.19. The van der Waals surface area contributed by atoms with Crippen LogP contribution in [0.15, 0.2) is 71.3 Å². The summed E-state index contributed by atoms with van der Waals surface area (Å²) in [6.07, 6.45) is -0.168. The molecule has 1 aromatic heterocycles. The Kier molecular flexibility index (Phi) is 7.62. The highest BCUT2D eigenvalue weighted by Gasteiger charge is 2.30. The largest absolute Gasteiger partial charge is 0.481 e. The van der Waals surface area contributed by atoms with Crippen LogP contribution >= 0.6 is 23.2 Å². The third-order valence-electron chi connectivity index (χ3n) is 5.47. The zero-order chi connectivity index (χ0) is 25.8. The Morgan fingerprint density at radius 2 is 1.83 bits per heavy atom. The molecule has 3 aromatic carbocycles. The standard InChI is InChI=1S/C27H22Cl2N2O5/c1-3-31(36-22-12-11-19(28)15-21(22)29)27(34)24-25(18-9-6-8-17(13-18)14-23(32)33)30-35-26(24)20-10-5-4-7-16(20)2/h4-13,15H,3,14H2,1-2H3,(H,32,33). The Morgan fingerprint density at radius 1 is 1.06 bits per heavy atom. The Hall–Kier alpha value is -3.81. The predicted molar refractivity (Wildman–Crippen MR) is 137 cm³/mol. The molecule has 0 atom stereocenters. The van der Waals surface area contributed by atoms with Gasteiger partial charge in [-0.2, -0.15) is 5.06 Å². The van der Waals surface area contributed by atoms with Crippen LogP contribution in [-0.4, -0.2) is 33.7 Å². The summed E-state index contributed by atoms with van der Waals surface area (Å²) in [7, 11) is 0. The second-order valence-corrected chi connectivity index (χ2v) is 8.83. The van der Waals surface area contributed by atoms with Gasteiger partial charge in [0.05, 0.1) is 18.0 Å². The fraction of sp³-hybridized carbons (Fsp3) is 0.148. The molecule has 36 heavy (non-hydrogen) atoms. The van der Waals surface area contributed by atoms with Crippen LogP contribution < -0.4 is 4.84 Å². The number of aryl methyl sites for hydroxylation is 1. The number of benzene rings is 3. The first kappa shape index (κ1) is 25.3. The van der Waals surface area contributed by atoms with E-state index in [4.69, 9.17) is 32.6 Å². The summed E-state index contributed by atoms with van der Waals surface area (Å²) in [5, 5.41) is 15.3. The van der Waals surface area contributed by atoms with Crippen molar-refractivity contribution < 1.29 is 24.1 Å². The molecule has 1 amide bonds. The normalized spacial score (nSPS) is 10.8. The molecule has 0 fully saturated rings. The molecule has 7 nitrogen and oxygen atoms in total. The van der Waals surface area contributed by atoms with Gasteiger partial charge in [-0.3, -0.25) is 9.59 Å². The lowest BCUT2D eigenvalue weighted by Gasteiger charge is -2.22. The number of rotatable bonds is 8. The number of hydroxylamine groups is 2. The molecule has 9 heteroatoms. The van der Waals surface area contributed by atoms with E-state index in [0.717, 1.165) is 10.6 Å². The minimum absolute atomic E-state index is 0.168. The van der Waals surface area contributed by atoms with Crippen LogP contribution in [0.25, 0.3) is 22.6 Å². The number of aromatic nitrogens is 1. The molecule has 0 saturated carbocycles. The van der Waals surface area contributed by atoms with Crippen LogP contribution in [0.2, 0.25) is 10.0 Å². The molecule has 0 spiro atoms. The van der Waals surface area contributed by atoms with Gasteiger partial charge in [0.25, 0.3) is 5.91 Å². The van der Waals surface area contributed by atoms with Gasteiger partial charge < -0.3 is 14.5 Å². The summed E-state index contributed by atoms with van der Waals surface area (Å²) < 4.78 is 5.73. The number of hydrogen-bond acceptors (Lipinski definition) is 5. The van der Waals surface area contributed by atoms with Gasteiger partial charge in [0, 0.05) is 16.1 Å². The van der Waals surface area contributed by atoms with E-state index in [0.29, 0.717) is 21.7 Å². The molecule has 184 valence electrons. The number of carboxylic acid groups (broad SMARTS) is 1. The van der Waals surface area contributed by atoms with Crippen LogP contribution in [0.1, 0.15) is 28.4 Å². The third kappa shape index (κ3) is 5.37. The van der Waals surface area contributed by atoms with E-state index in [2.05, 4.69) is 5.16 Å². The molecular weight excluding hydrogens is 503 g/mol. The lowest BCUT2D eigenvalue weighted by Crippen LogP contribution is -2.34. The maximum Gasteiger partial charge on any atom is 0.307 e. The quantitative estimate of drug-likeness (QED) is 0.257. The smallest absolute Gasteiger partial charge is 0.307 e. The lowest BCUT2D eigenvalue weighted by molar-refractivity contribution is -0.136. The molecule has 0 unspecified atom stereocenters. The Bertz CT molecular complexity index is 1430. The van der Waals surface area contributed by atoms with Crippen LogP contribution in [0.3, 0.4) is 0 Å². The second-order valence-electron chi connectivity index (χ2n) is 7.99. The minimum Gasteiger partial charge on any atom is -0.481 e. The molecule has 0 aliphatic heterocycles. The summed E-state index contributed by atoms with van der Waals surface area (Å²) >= 11 is 12.3. The van der Waals surface area contributed by atoms with Crippen LogP contribution in [-0.2, 0) is 11.2 Å². The van der Waals surface area contributed by atoms with Gasteiger partial charge in [-0.1, -0.05) is 70.8 Å². The summed E-state index contributed by atoms with van der Waals surface area (Å²) in [5.41, 5.74) is 3.15. The molecule has 1 heterocycles. The van der Waals surface area contributed by atoms with Crippen molar-refractivity contribution >= 4 is 35.1 Å². The van der Waals surface area contributed by atoms with Crippen molar-refractivity contribution in [1.29, 1.82) is 0 Å². The maximum absolute atomic E-state index is 13.9. The van der Waals surface area contributed by atoms with Crippen molar-refractivity contribution in [3.8, 4) is 28.3 Å². The molecule has 4 aromatic rings.